The molecular weight excluding hydrogens is 436 g/mol. The van der Waals surface area contributed by atoms with Crippen molar-refractivity contribution in [2.45, 2.75) is 44.8 Å². The van der Waals surface area contributed by atoms with Gasteiger partial charge in [-0.05, 0) is 36.6 Å². The lowest BCUT2D eigenvalue weighted by Gasteiger charge is -2.22. The summed E-state index contributed by atoms with van der Waals surface area (Å²) in [6.07, 6.45) is 9.99. The monoisotopic (exact) mass is 464 g/mol. The summed E-state index contributed by atoms with van der Waals surface area (Å²) < 4.78 is 14.5. The van der Waals surface area contributed by atoms with Gasteiger partial charge in [-0.25, -0.2) is 9.97 Å². The molecule has 1 aliphatic rings. The second-order valence-corrected chi connectivity index (χ2v) is 9.34. The molecule has 0 saturated heterocycles. The number of rotatable bonds is 8. The highest BCUT2D eigenvalue weighted by molar-refractivity contribution is 7.22. The van der Waals surface area contributed by atoms with Crippen molar-refractivity contribution in [1.82, 2.24) is 19.7 Å². The molecule has 0 radical (unpaired) electrons. The third-order valence-electron chi connectivity index (χ3n) is 5.79. The number of fused-ring (bicyclic) bond motifs is 1. The van der Waals surface area contributed by atoms with Crippen LogP contribution in [0.2, 0.25) is 0 Å². The molecule has 0 unspecified atom stereocenters. The molecule has 1 fully saturated rings. The first-order valence-corrected chi connectivity index (χ1v) is 12.1. The third-order valence-corrected chi connectivity index (χ3v) is 6.72. The highest BCUT2D eigenvalue weighted by Crippen LogP contribution is 2.37. The molecule has 2 N–H and O–H groups in total. The number of ether oxygens (including phenoxy) is 2. The van der Waals surface area contributed by atoms with Crippen LogP contribution in [0, 0.1) is 0 Å². The van der Waals surface area contributed by atoms with E-state index < -0.39 is 0 Å². The standard InChI is InChI=1S/C24H28N6O2S/c1-30-11-9-21(29-30)27-22-12-16(8-10-25-22)15-32-18-13-19(31-2)23-20(14-18)33-24(28-23)26-17-6-4-3-5-7-17/h8-14,17H,3-7,15H2,1-2H3,(H,26,28)(H,25,27,29). The molecule has 4 aromatic rings. The van der Waals surface area contributed by atoms with Crippen LogP contribution in [-0.2, 0) is 13.7 Å². The van der Waals surface area contributed by atoms with Crippen LogP contribution < -0.4 is 20.1 Å². The van der Waals surface area contributed by atoms with Gasteiger partial charge in [0.25, 0.3) is 0 Å². The Balaban J connectivity index is 1.29. The molecule has 8 nitrogen and oxygen atoms in total. The van der Waals surface area contributed by atoms with Gasteiger partial charge >= 0.3 is 0 Å². The topological polar surface area (TPSA) is 86.1 Å². The summed E-state index contributed by atoms with van der Waals surface area (Å²) in [5, 5.41) is 12.1. The minimum atomic E-state index is 0.417. The minimum absolute atomic E-state index is 0.417. The lowest BCUT2D eigenvalue weighted by Crippen LogP contribution is -2.21. The first-order valence-electron chi connectivity index (χ1n) is 11.3. The average Bonchev–Trinajstić information content (AvgIpc) is 3.43. The summed E-state index contributed by atoms with van der Waals surface area (Å²) >= 11 is 1.65. The molecule has 33 heavy (non-hydrogen) atoms. The number of anilines is 3. The van der Waals surface area contributed by atoms with Gasteiger partial charge in [-0.2, -0.15) is 5.10 Å². The van der Waals surface area contributed by atoms with E-state index in [1.54, 1.807) is 29.3 Å². The van der Waals surface area contributed by atoms with Crippen molar-refractivity contribution in [2.24, 2.45) is 7.05 Å². The maximum atomic E-state index is 6.11. The molecule has 1 saturated carbocycles. The number of nitrogens with zero attached hydrogens (tertiary/aromatic N) is 4. The predicted octanol–water partition coefficient (Wildman–Crippen LogP) is 5.50. The van der Waals surface area contributed by atoms with Gasteiger partial charge in [-0.1, -0.05) is 30.6 Å². The van der Waals surface area contributed by atoms with Crippen molar-refractivity contribution in [3.8, 4) is 11.5 Å². The van der Waals surface area contributed by atoms with E-state index in [1.165, 1.54) is 32.1 Å². The summed E-state index contributed by atoms with van der Waals surface area (Å²) in [4.78, 5) is 9.16. The molecular formula is C24H28N6O2S. The van der Waals surface area contributed by atoms with E-state index in [4.69, 9.17) is 14.5 Å². The Kier molecular flexibility index (Phi) is 6.30. The number of hydrogen-bond acceptors (Lipinski definition) is 8. The maximum absolute atomic E-state index is 6.11. The molecule has 1 aromatic carbocycles. The van der Waals surface area contributed by atoms with Crippen molar-refractivity contribution in [3.63, 3.8) is 0 Å². The van der Waals surface area contributed by atoms with E-state index in [0.29, 0.717) is 12.6 Å². The summed E-state index contributed by atoms with van der Waals surface area (Å²) in [7, 11) is 3.55. The number of benzene rings is 1. The van der Waals surface area contributed by atoms with E-state index in [1.807, 2.05) is 43.6 Å². The zero-order valence-electron chi connectivity index (χ0n) is 18.9. The summed E-state index contributed by atoms with van der Waals surface area (Å²) in [5.74, 6) is 2.95. The Labute approximate surface area is 197 Å². The van der Waals surface area contributed by atoms with Crippen molar-refractivity contribution in [1.29, 1.82) is 0 Å². The lowest BCUT2D eigenvalue weighted by molar-refractivity contribution is 0.304. The zero-order valence-corrected chi connectivity index (χ0v) is 19.7. The van der Waals surface area contributed by atoms with Gasteiger partial charge in [0.05, 0.1) is 11.8 Å². The molecule has 1 aliphatic carbocycles. The van der Waals surface area contributed by atoms with Crippen LogP contribution >= 0.6 is 11.3 Å². The molecule has 3 heterocycles. The third kappa shape index (κ3) is 5.19. The van der Waals surface area contributed by atoms with Gasteiger partial charge in [-0.15, -0.1) is 0 Å². The molecule has 3 aromatic heterocycles. The van der Waals surface area contributed by atoms with E-state index in [9.17, 15) is 0 Å². The van der Waals surface area contributed by atoms with Crippen LogP contribution in [0.25, 0.3) is 10.2 Å². The molecule has 0 atom stereocenters. The Hall–Kier alpha value is -3.33. The van der Waals surface area contributed by atoms with Crippen LogP contribution in [0.15, 0.2) is 42.7 Å². The van der Waals surface area contributed by atoms with Crippen LogP contribution in [0.4, 0.5) is 16.8 Å². The Bertz CT molecular complexity index is 1230. The largest absolute Gasteiger partial charge is 0.494 e. The van der Waals surface area contributed by atoms with Crippen LogP contribution in [-0.4, -0.2) is 32.9 Å². The van der Waals surface area contributed by atoms with Crippen LogP contribution in [0.5, 0.6) is 11.5 Å². The Morgan fingerprint density at radius 1 is 1.12 bits per heavy atom. The molecule has 0 bridgehead atoms. The summed E-state index contributed by atoms with van der Waals surface area (Å²) in [5.41, 5.74) is 1.88. The molecule has 5 rings (SSSR count). The van der Waals surface area contributed by atoms with E-state index in [2.05, 4.69) is 20.7 Å². The number of thiazole rings is 1. The number of methoxy groups -OCH3 is 1. The molecule has 0 amide bonds. The number of nitrogens with one attached hydrogen (secondary N) is 2. The lowest BCUT2D eigenvalue weighted by atomic mass is 9.96. The average molecular weight is 465 g/mol. The van der Waals surface area contributed by atoms with Gasteiger partial charge < -0.3 is 20.1 Å². The van der Waals surface area contributed by atoms with Crippen molar-refractivity contribution < 1.29 is 9.47 Å². The van der Waals surface area contributed by atoms with Gasteiger partial charge in [0.15, 0.2) is 10.9 Å². The second-order valence-electron chi connectivity index (χ2n) is 8.31. The predicted molar refractivity (Wildman–Crippen MR) is 132 cm³/mol. The van der Waals surface area contributed by atoms with Gasteiger partial charge in [0.2, 0.25) is 0 Å². The van der Waals surface area contributed by atoms with Crippen molar-refractivity contribution in [2.75, 3.05) is 17.7 Å². The van der Waals surface area contributed by atoms with Gasteiger partial charge in [-0.3, -0.25) is 4.68 Å². The fourth-order valence-electron chi connectivity index (χ4n) is 4.11. The van der Waals surface area contributed by atoms with E-state index in [0.717, 1.165) is 44.0 Å². The van der Waals surface area contributed by atoms with Gasteiger partial charge in [0, 0.05) is 37.6 Å². The normalized spacial score (nSPS) is 14.4. The number of aromatic nitrogens is 4. The zero-order chi connectivity index (χ0) is 22.6. The summed E-state index contributed by atoms with van der Waals surface area (Å²) in [6, 6.07) is 10.3. The van der Waals surface area contributed by atoms with Crippen LogP contribution in [0.1, 0.15) is 37.7 Å². The maximum Gasteiger partial charge on any atom is 0.184 e. The smallest absolute Gasteiger partial charge is 0.184 e. The van der Waals surface area contributed by atoms with E-state index in [-0.39, 0.29) is 0 Å². The molecule has 9 heteroatoms. The Morgan fingerprint density at radius 3 is 2.79 bits per heavy atom. The number of hydrogen-bond donors (Lipinski definition) is 2. The van der Waals surface area contributed by atoms with Crippen molar-refractivity contribution in [3.05, 3.63) is 48.3 Å². The molecule has 0 aliphatic heterocycles. The van der Waals surface area contributed by atoms with Gasteiger partial charge in [0.1, 0.15) is 29.4 Å². The van der Waals surface area contributed by atoms with Crippen molar-refractivity contribution >= 4 is 38.3 Å². The fraction of sp³-hybridized carbons (Fsp3) is 0.375. The highest BCUT2D eigenvalue weighted by atomic mass is 32.1. The number of aryl methyl sites for hydroxylation is 1. The number of pyridine rings is 1. The van der Waals surface area contributed by atoms with Crippen LogP contribution in [0.3, 0.4) is 0 Å². The first kappa shape index (κ1) is 21.5. The SMILES string of the molecule is COc1cc(OCc2ccnc(Nc3ccn(C)n3)c2)cc2sc(NC3CCCCC3)nc12. The second kappa shape index (κ2) is 9.66. The molecule has 0 spiro atoms. The molecule has 172 valence electrons. The minimum Gasteiger partial charge on any atom is -0.494 e. The quantitative estimate of drug-likeness (QED) is 0.356. The Morgan fingerprint density at radius 2 is 2.00 bits per heavy atom. The summed E-state index contributed by atoms with van der Waals surface area (Å²) in [6.45, 7) is 0.417. The first-order chi connectivity index (χ1) is 16.2. The van der Waals surface area contributed by atoms with E-state index >= 15 is 0 Å². The fourth-order valence-corrected chi connectivity index (χ4v) is 5.10. The highest BCUT2D eigenvalue weighted by Gasteiger charge is 2.17.